The van der Waals surface area contributed by atoms with Crippen molar-refractivity contribution in [3.63, 3.8) is 0 Å². The van der Waals surface area contributed by atoms with E-state index in [9.17, 15) is 27.6 Å². The Morgan fingerprint density at radius 3 is 2.33 bits per heavy atom. The number of hydrogen-bond acceptors (Lipinski definition) is 4. The third-order valence-corrected chi connectivity index (χ3v) is 1.93. The summed E-state index contributed by atoms with van der Waals surface area (Å²) < 4.78 is 36.7. The molecule has 0 radical (unpaired) electrons. The van der Waals surface area contributed by atoms with E-state index in [0.717, 1.165) is 12.3 Å². The number of aliphatic carboxylic acids is 1. The zero-order valence-corrected chi connectivity index (χ0v) is 10.1. The molecule has 0 spiro atoms. The van der Waals surface area contributed by atoms with Gasteiger partial charge in [0.05, 0.1) is 11.9 Å². The van der Waals surface area contributed by atoms with Gasteiger partial charge in [-0.05, 0) is 12.1 Å². The summed E-state index contributed by atoms with van der Waals surface area (Å²) in [7, 11) is 0. The fourth-order valence-electron chi connectivity index (χ4n) is 1.10. The molecule has 3 amide bonds. The molecule has 1 aromatic rings. The summed E-state index contributed by atoms with van der Waals surface area (Å²) in [6, 6.07) is 0.561. The number of pyridine rings is 1. The molecule has 0 bridgehead atoms. The van der Waals surface area contributed by atoms with E-state index in [-0.39, 0.29) is 5.69 Å². The number of carbonyl (C=O) groups is 3. The average molecular weight is 303 g/mol. The lowest BCUT2D eigenvalue weighted by atomic mass is 10.3. The largest absolute Gasteiger partial charge is 0.478 e. The van der Waals surface area contributed by atoms with Crippen LogP contribution >= 0.6 is 0 Å². The van der Waals surface area contributed by atoms with Crippen molar-refractivity contribution in [3.05, 3.63) is 36.2 Å². The number of halogens is 3. The molecule has 7 nitrogen and oxygen atoms in total. The zero-order valence-electron chi connectivity index (χ0n) is 10.1. The van der Waals surface area contributed by atoms with Gasteiger partial charge in [0.25, 0.3) is 5.91 Å². The minimum absolute atomic E-state index is 0.0736. The van der Waals surface area contributed by atoms with Gasteiger partial charge >= 0.3 is 18.2 Å². The third kappa shape index (κ3) is 5.72. The Kier molecular flexibility index (Phi) is 5.00. The molecule has 0 atom stereocenters. The van der Waals surface area contributed by atoms with Gasteiger partial charge in [-0.3, -0.25) is 10.1 Å². The van der Waals surface area contributed by atoms with Crippen molar-refractivity contribution in [1.29, 1.82) is 0 Å². The summed E-state index contributed by atoms with van der Waals surface area (Å²) >= 11 is 0. The molecule has 0 aliphatic rings. The molecule has 10 heteroatoms. The number of nitrogens with one attached hydrogen (secondary N) is 2. The van der Waals surface area contributed by atoms with Gasteiger partial charge in [0.1, 0.15) is 5.69 Å². The van der Waals surface area contributed by atoms with Gasteiger partial charge in [-0.25, -0.2) is 14.6 Å². The molecule has 1 heterocycles. The lowest BCUT2D eigenvalue weighted by Gasteiger charge is -2.07. The highest BCUT2D eigenvalue weighted by molar-refractivity contribution is 6.06. The molecule has 1 aromatic heterocycles. The molecular weight excluding hydrogens is 295 g/mol. The van der Waals surface area contributed by atoms with E-state index < -0.39 is 29.8 Å². The number of alkyl halides is 3. The lowest BCUT2D eigenvalue weighted by Crippen LogP contribution is -2.33. The summed E-state index contributed by atoms with van der Waals surface area (Å²) in [6.45, 7) is 0. The topological polar surface area (TPSA) is 108 Å². The van der Waals surface area contributed by atoms with Crippen LogP contribution < -0.4 is 10.6 Å². The minimum Gasteiger partial charge on any atom is -0.478 e. The zero-order chi connectivity index (χ0) is 16.0. The number of imide groups is 1. The van der Waals surface area contributed by atoms with Gasteiger partial charge in [-0.1, -0.05) is 0 Å². The molecule has 0 aliphatic carbocycles. The maximum atomic E-state index is 12.2. The number of carboxylic acids is 1. The summed E-state index contributed by atoms with van der Waals surface area (Å²) in [4.78, 5) is 35.5. The summed E-state index contributed by atoms with van der Waals surface area (Å²) in [5.41, 5.74) is -1.20. The number of carboxylic acid groups (broad SMARTS) is 1. The number of hydrogen-bond donors (Lipinski definition) is 3. The van der Waals surface area contributed by atoms with Crippen molar-refractivity contribution in [2.45, 2.75) is 6.18 Å². The Morgan fingerprint density at radius 1 is 1.19 bits per heavy atom. The molecule has 0 saturated heterocycles. The van der Waals surface area contributed by atoms with Crippen LogP contribution in [0.25, 0.3) is 0 Å². The summed E-state index contributed by atoms with van der Waals surface area (Å²) in [5.74, 6) is -2.38. The molecule has 112 valence electrons. The maximum Gasteiger partial charge on any atom is 0.433 e. The first kappa shape index (κ1) is 16.1. The van der Waals surface area contributed by atoms with Gasteiger partial charge in [0.15, 0.2) is 0 Å². The van der Waals surface area contributed by atoms with Crippen LogP contribution in [0.1, 0.15) is 5.69 Å². The molecule has 0 aliphatic heterocycles. The molecule has 0 aromatic carbocycles. The van der Waals surface area contributed by atoms with E-state index in [1.54, 1.807) is 5.32 Å². The number of anilines is 1. The number of aromatic nitrogens is 1. The second-order valence-electron chi connectivity index (χ2n) is 3.54. The van der Waals surface area contributed by atoms with Crippen LogP contribution in [-0.4, -0.2) is 28.0 Å². The van der Waals surface area contributed by atoms with Crippen molar-refractivity contribution in [2.24, 2.45) is 0 Å². The highest BCUT2D eigenvalue weighted by Crippen LogP contribution is 2.27. The van der Waals surface area contributed by atoms with Crippen molar-refractivity contribution in [3.8, 4) is 0 Å². The molecule has 1 rings (SSSR count). The fourth-order valence-corrected chi connectivity index (χ4v) is 1.10. The van der Waals surface area contributed by atoms with Gasteiger partial charge in [0, 0.05) is 12.2 Å². The van der Waals surface area contributed by atoms with Crippen LogP contribution in [0, 0.1) is 0 Å². The predicted molar refractivity (Wildman–Crippen MR) is 63.2 cm³/mol. The van der Waals surface area contributed by atoms with Crippen LogP contribution in [0.3, 0.4) is 0 Å². The Labute approximate surface area is 115 Å². The summed E-state index contributed by atoms with van der Waals surface area (Å²) in [6.07, 6.45) is -2.71. The van der Waals surface area contributed by atoms with Crippen LogP contribution in [0.4, 0.5) is 23.7 Å². The van der Waals surface area contributed by atoms with Gasteiger partial charge < -0.3 is 10.4 Å². The average Bonchev–Trinajstić information content (AvgIpc) is 2.35. The quantitative estimate of drug-likeness (QED) is 0.731. The molecular formula is C11H8F3N3O4. The van der Waals surface area contributed by atoms with Crippen molar-refractivity contribution in [1.82, 2.24) is 10.3 Å². The van der Waals surface area contributed by atoms with E-state index in [1.807, 2.05) is 0 Å². The van der Waals surface area contributed by atoms with Gasteiger partial charge in [-0.15, -0.1) is 0 Å². The molecule has 0 unspecified atom stereocenters. The molecule has 3 N–H and O–H groups in total. The van der Waals surface area contributed by atoms with E-state index in [4.69, 9.17) is 5.11 Å². The Morgan fingerprint density at radius 2 is 1.86 bits per heavy atom. The van der Waals surface area contributed by atoms with Crippen molar-refractivity contribution in [2.75, 3.05) is 5.32 Å². The Bertz CT molecular complexity index is 581. The highest BCUT2D eigenvalue weighted by atomic mass is 19.4. The summed E-state index contributed by atoms with van der Waals surface area (Å²) in [5, 5.41) is 12.1. The second-order valence-corrected chi connectivity index (χ2v) is 3.54. The van der Waals surface area contributed by atoms with Crippen LogP contribution in [-0.2, 0) is 15.8 Å². The number of rotatable bonds is 3. The first-order valence-corrected chi connectivity index (χ1v) is 5.24. The lowest BCUT2D eigenvalue weighted by molar-refractivity contribution is -0.141. The number of urea groups is 1. The first-order valence-electron chi connectivity index (χ1n) is 5.24. The van der Waals surface area contributed by atoms with Gasteiger partial charge in [0.2, 0.25) is 0 Å². The van der Waals surface area contributed by atoms with Gasteiger partial charge in [-0.2, -0.15) is 13.2 Å². The maximum absolute atomic E-state index is 12.2. The Hall–Kier alpha value is -2.91. The second kappa shape index (κ2) is 6.50. The standard InChI is InChI=1S/C11H8F3N3O4/c12-11(13,14)7-2-1-6(5-15-7)16-10(21)17-8(18)3-4-9(19)20/h1-5H,(H,19,20)(H2,16,17,18,21)/b4-3+. The van der Waals surface area contributed by atoms with Crippen LogP contribution in [0.15, 0.2) is 30.5 Å². The predicted octanol–water partition coefficient (Wildman–Crippen LogP) is 1.39. The van der Waals surface area contributed by atoms with E-state index >= 15 is 0 Å². The van der Waals surface area contributed by atoms with Crippen molar-refractivity contribution >= 4 is 23.6 Å². The molecule has 0 fully saturated rings. The van der Waals surface area contributed by atoms with E-state index in [0.29, 0.717) is 18.2 Å². The number of amides is 3. The van der Waals surface area contributed by atoms with E-state index in [2.05, 4.69) is 10.3 Å². The monoisotopic (exact) mass is 303 g/mol. The smallest absolute Gasteiger partial charge is 0.433 e. The number of nitrogens with zero attached hydrogens (tertiary/aromatic N) is 1. The fraction of sp³-hybridized carbons (Fsp3) is 0.0909. The van der Waals surface area contributed by atoms with E-state index in [1.165, 1.54) is 0 Å². The first-order chi connectivity index (χ1) is 9.68. The van der Waals surface area contributed by atoms with Crippen LogP contribution in [0.2, 0.25) is 0 Å². The normalized spacial score (nSPS) is 11.2. The minimum atomic E-state index is -4.60. The van der Waals surface area contributed by atoms with Crippen molar-refractivity contribution < 1.29 is 32.7 Å². The SMILES string of the molecule is O=C(O)/C=C/C(=O)NC(=O)Nc1ccc(C(F)(F)F)nc1. The van der Waals surface area contributed by atoms with Crippen LogP contribution in [0.5, 0.6) is 0 Å². The Balaban J connectivity index is 2.59. The highest BCUT2D eigenvalue weighted by Gasteiger charge is 2.32. The number of carbonyl (C=O) groups excluding carboxylic acids is 2. The third-order valence-electron chi connectivity index (χ3n) is 1.93. The molecule has 0 saturated carbocycles. The molecule has 21 heavy (non-hydrogen) atoms.